The van der Waals surface area contributed by atoms with E-state index >= 15 is 0 Å². The van der Waals surface area contributed by atoms with Crippen molar-refractivity contribution in [3.63, 3.8) is 0 Å². The number of ether oxygens (including phenoxy) is 1. The summed E-state index contributed by atoms with van der Waals surface area (Å²) in [5.41, 5.74) is 2.34. The number of hydroxylamine groups is 1. The van der Waals surface area contributed by atoms with E-state index in [9.17, 15) is 18.9 Å². The lowest BCUT2D eigenvalue weighted by Gasteiger charge is -2.23. The molecule has 1 aromatic rings. The van der Waals surface area contributed by atoms with Gasteiger partial charge in [-0.05, 0) is 44.3 Å². The normalized spacial score (nSPS) is 14.1. The van der Waals surface area contributed by atoms with Crippen LogP contribution in [0.1, 0.15) is 20.8 Å². The van der Waals surface area contributed by atoms with Crippen LogP contribution in [0.4, 0.5) is 0 Å². The van der Waals surface area contributed by atoms with Crippen LogP contribution in [0.25, 0.3) is 0 Å². The molecule has 0 unspecified atom stereocenters. The van der Waals surface area contributed by atoms with E-state index in [4.69, 9.17) is 14.4 Å². The van der Waals surface area contributed by atoms with Crippen LogP contribution in [0.2, 0.25) is 0 Å². The molecule has 10 nitrogen and oxygen atoms in total. The number of para-hydroxylation sites is 1. The zero-order chi connectivity index (χ0) is 22.6. The summed E-state index contributed by atoms with van der Waals surface area (Å²) in [5, 5.41) is 11.1. The van der Waals surface area contributed by atoms with E-state index in [1.54, 1.807) is 44.2 Å². The highest BCUT2D eigenvalue weighted by atomic mass is 32.7. The van der Waals surface area contributed by atoms with Gasteiger partial charge in [0.2, 0.25) is 0 Å². The summed E-state index contributed by atoms with van der Waals surface area (Å²) >= 11 is 0.902. The van der Waals surface area contributed by atoms with Gasteiger partial charge in [-0.25, -0.2) is 19.2 Å². The SMILES string of the molecule is CC(C)OC(=O)[C@H](C)N[P@@](=O)(Oc1ccccc1)SCCNOC(=O)/C=C/C(=O)O. The average molecular weight is 460 g/mol. The Labute approximate surface area is 178 Å². The highest BCUT2D eigenvalue weighted by molar-refractivity contribution is 8.56. The molecule has 1 aromatic carbocycles. The van der Waals surface area contributed by atoms with Crippen molar-refractivity contribution in [2.24, 2.45) is 0 Å². The molecule has 1 rings (SSSR count). The fourth-order valence-electron chi connectivity index (χ4n) is 1.84. The lowest BCUT2D eigenvalue weighted by atomic mass is 10.3. The highest BCUT2D eigenvalue weighted by Crippen LogP contribution is 2.55. The van der Waals surface area contributed by atoms with E-state index in [1.807, 2.05) is 0 Å². The molecule has 0 heterocycles. The standard InChI is InChI=1S/C18H25N2O8PS/c1-13(2)26-18(24)14(3)20-29(25,28-15-7-5-4-6-8-15)30-12-11-19-27-17(23)10-9-16(21)22/h4-10,13-14,19H,11-12H2,1-3H3,(H,20,25)(H,21,22)/b10-9+/t14-,29+/m0/s1. The number of aliphatic carboxylic acids is 1. The first-order chi connectivity index (χ1) is 14.1. The van der Waals surface area contributed by atoms with E-state index in [0.29, 0.717) is 11.8 Å². The first kappa shape index (κ1) is 25.7. The Morgan fingerprint density at radius 3 is 2.43 bits per heavy atom. The maximum atomic E-state index is 13.3. The van der Waals surface area contributed by atoms with Gasteiger partial charge in [0, 0.05) is 24.4 Å². The minimum Gasteiger partial charge on any atom is -0.478 e. The van der Waals surface area contributed by atoms with Crippen molar-refractivity contribution >= 4 is 36.0 Å². The molecule has 3 N–H and O–H groups in total. The van der Waals surface area contributed by atoms with Crippen molar-refractivity contribution in [2.75, 3.05) is 12.3 Å². The van der Waals surface area contributed by atoms with Crippen molar-refractivity contribution in [1.29, 1.82) is 0 Å². The van der Waals surface area contributed by atoms with Gasteiger partial charge in [-0.3, -0.25) is 4.79 Å². The van der Waals surface area contributed by atoms with Crippen LogP contribution in [0.15, 0.2) is 42.5 Å². The molecule has 0 amide bonds. The zero-order valence-corrected chi connectivity index (χ0v) is 18.5. The average Bonchev–Trinajstić information content (AvgIpc) is 2.66. The van der Waals surface area contributed by atoms with Crippen molar-refractivity contribution in [2.45, 2.75) is 32.9 Å². The number of esters is 1. The van der Waals surface area contributed by atoms with Gasteiger partial charge in [0.25, 0.3) is 0 Å². The first-order valence-corrected chi connectivity index (χ1v) is 12.1. The van der Waals surface area contributed by atoms with E-state index in [2.05, 4.69) is 15.4 Å². The number of rotatable bonds is 13. The number of carboxylic acid groups (broad SMARTS) is 1. The van der Waals surface area contributed by atoms with Gasteiger partial charge in [0.15, 0.2) is 0 Å². The molecule has 0 bridgehead atoms. The molecule has 0 spiro atoms. The van der Waals surface area contributed by atoms with E-state index in [1.165, 1.54) is 6.92 Å². The largest absolute Gasteiger partial charge is 0.478 e. The smallest absolute Gasteiger partial charge is 0.375 e. The maximum Gasteiger partial charge on any atom is 0.375 e. The van der Waals surface area contributed by atoms with E-state index < -0.39 is 30.7 Å². The molecule has 0 fully saturated rings. The van der Waals surface area contributed by atoms with Crippen molar-refractivity contribution in [1.82, 2.24) is 10.6 Å². The molecule has 12 heteroatoms. The van der Waals surface area contributed by atoms with Crippen molar-refractivity contribution < 1.29 is 38.2 Å². The predicted molar refractivity (Wildman–Crippen MR) is 112 cm³/mol. The summed E-state index contributed by atoms with van der Waals surface area (Å²) in [4.78, 5) is 38.3. The molecular formula is C18H25N2O8PS. The quantitative estimate of drug-likeness (QED) is 0.131. The second-order valence-electron chi connectivity index (χ2n) is 6.06. The number of hydrogen-bond acceptors (Lipinski definition) is 9. The first-order valence-electron chi connectivity index (χ1n) is 8.93. The predicted octanol–water partition coefficient (Wildman–Crippen LogP) is 2.53. The Balaban J connectivity index is 2.65. The lowest BCUT2D eigenvalue weighted by molar-refractivity contribution is -0.149. The molecule has 0 aliphatic rings. The molecular weight excluding hydrogens is 435 g/mol. The third kappa shape index (κ3) is 11.0. The highest BCUT2D eigenvalue weighted by Gasteiger charge is 2.31. The minimum absolute atomic E-state index is 0.0892. The molecule has 0 aromatic heterocycles. The summed E-state index contributed by atoms with van der Waals surface area (Å²) < 4.78 is 24.0. The van der Waals surface area contributed by atoms with Gasteiger partial charge in [-0.15, -0.1) is 0 Å². The summed E-state index contributed by atoms with van der Waals surface area (Å²) in [6.07, 6.45) is 1.07. The molecule has 30 heavy (non-hydrogen) atoms. The second kappa shape index (κ2) is 13.1. The Hall–Kier alpha value is -2.33. The number of hydrogen-bond donors (Lipinski definition) is 3. The Bertz CT molecular complexity index is 788. The third-order valence-electron chi connectivity index (χ3n) is 3.03. The van der Waals surface area contributed by atoms with Gasteiger partial charge >= 0.3 is 24.6 Å². The lowest BCUT2D eigenvalue weighted by Crippen LogP contribution is -2.35. The Morgan fingerprint density at radius 1 is 1.17 bits per heavy atom. The second-order valence-corrected chi connectivity index (χ2v) is 10.4. The molecule has 2 atom stereocenters. The van der Waals surface area contributed by atoms with Crippen molar-refractivity contribution in [3.8, 4) is 5.75 Å². The molecule has 0 aliphatic carbocycles. The van der Waals surface area contributed by atoms with E-state index in [-0.39, 0.29) is 18.4 Å². The number of carbonyl (C=O) groups excluding carboxylic acids is 2. The number of carboxylic acids is 1. The molecule has 0 radical (unpaired) electrons. The number of benzene rings is 1. The van der Waals surface area contributed by atoms with Crippen LogP contribution < -0.4 is 15.1 Å². The summed E-state index contributed by atoms with van der Waals surface area (Å²) in [7, 11) is 0. The van der Waals surface area contributed by atoms with Gasteiger partial charge in [0.05, 0.1) is 6.10 Å². The van der Waals surface area contributed by atoms with Crippen LogP contribution in [0.5, 0.6) is 5.75 Å². The minimum atomic E-state index is -3.59. The number of nitrogens with one attached hydrogen (secondary N) is 2. The van der Waals surface area contributed by atoms with Gasteiger partial charge < -0.3 is 19.2 Å². The van der Waals surface area contributed by atoms with Crippen LogP contribution >= 0.6 is 18.1 Å². The Morgan fingerprint density at radius 2 is 1.83 bits per heavy atom. The number of carbonyl (C=O) groups is 3. The van der Waals surface area contributed by atoms with Crippen molar-refractivity contribution in [3.05, 3.63) is 42.5 Å². The third-order valence-corrected chi connectivity index (χ3v) is 7.01. The molecule has 0 aliphatic heterocycles. The molecule has 166 valence electrons. The summed E-state index contributed by atoms with van der Waals surface area (Å²) in [6, 6.07) is 7.57. The zero-order valence-electron chi connectivity index (χ0n) is 16.8. The fraction of sp³-hybridized carbons (Fsp3) is 0.389. The van der Waals surface area contributed by atoms with Crippen LogP contribution in [-0.4, -0.2) is 47.5 Å². The molecule has 0 saturated heterocycles. The molecule has 0 saturated carbocycles. The van der Waals surface area contributed by atoms with E-state index in [0.717, 1.165) is 17.5 Å². The van der Waals surface area contributed by atoms with Crippen LogP contribution in [0, 0.1) is 0 Å². The monoisotopic (exact) mass is 460 g/mol. The maximum absolute atomic E-state index is 13.3. The summed E-state index contributed by atoms with van der Waals surface area (Å²) in [6.45, 7) is 1.43. The van der Waals surface area contributed by atoms with Crippen LogP contribution in [-0.2, 0) is 28.5 Å². The van der Waals surface area contributed by atoms with Gasteiger partial charge in [-0.1, -0.05) is 18.2 Å². The van der Waals surface area contributed by atoms with Gasteiger partial charge in [-0.2, -0.15) is 5.48 Å². The fourth-order valence-corrected chi connectivity index (χ4v) is 5.52. The van der Waals surface area contributed by atoms with Crippen LogP contribution in [0.3, 0.4) is 0 Å². The summed E-state index contributed by atoms with van der Waals surface area (Å²) in [5.74, 6) is -2.21. The topological polar surface area (TPSA) is 140 Å². The Kier molecular flexibility index (Phi) is 11.2. The van der Waals surface area contributed by atoms with Gasteiger partial charge in [0.1, 0.15) is 11.8 Å².